The lowest BCUT2D eigenvalue weighted by molar-refractivity contribution is 1.13. The van der Waals surface area contributed by atoms with Gasteiger partial charge in [-0.1, -0.05) is 17.8 Å². The van der Waals surface area contributed by atoms with Gasteiger partial charge in [0.1, 0.15) is 0 Å². The Hall–Kier alpha value is -1.19. The molecule has 1 aromatic rings. The summed E-state index contributed by atoms with van der Waals surface area (Å²) in [6.07, 6.45) is 3.70. The van der Waals surface area contributed by atoms with Crippen LogP contribution >= 0.6 is 23.5 Å². The average Bonchev–Trinajstić information content (AvgIpc) is 2.39. The Kier molecular flexibility index (Phi) is 7.30. The van der Waals surface area contributed by atoms with Crippen LogP contribution in [-0.2, 0) is 5.75 Å². The molecule has 0 fully saturated rings. The number of pyridine rings is 1. The van der Waals surface area contributed by atoms with Crippen LogP contribution in [0.5, 0.6) is 0 Å². The molecule has 0 radical (unpaired) electrons. The molecule has 0 spiro atoms. The molecule has 1 aromatic heterocycles. The highest BCUT2D eigenvalue weighted by Crippen LogP contribution is 2.15. The number of nitriles is 1. The molecule has 0 aliphatic carbocycles. The highest BCUT2D eigenvalue weighted by Gasteiger charge is 2.00. The summed E-state index contributed by atoms with van der Waals surface area (Å²) in [6, 6.07) is 4.03. The molecule has 1 heterocycles. The van der Waals surface area contributed by atoms with E-state index in [0.717, 1.165) is 23.0 Å². The quantitative estimate of drug-likeness (QED) is 0.295. The number of nitrogens with one attached hydrogen (secondary N) is 1. The molecule has 0 amide bonds. The van der Waals surface area contributed by atoms with Gasteiger partial charge in [-0.15, -0.1) is 0 Å². The molecule has 0 aliphatic rings. The van der Waals surface area contributed by atoms with E-state index in [-0.39, 0.29) is 0 Å². The maximum Gasteiger partial charge on any atom is 0.183 e. The third-order valence-corrected chi connectivity index (χ3v) is 4.38. The van der Waals surface area contributed by atoms with Crippen LogP contribution in [0, 0.1) is 18.4 Å². The largest absolute Gasteiger partial charge is 0.272 e. The minimum Gasteiger partial charge on any atom is -0.272 e. The minimum absolute atomic E-state index is 0.673. The molecule has 0 aliphatic heterocycles. The summed E-state index contributed by atoms with van der Waals surface area (Å²) < 4.78 is 0. The summed E-state index contributed by atoms with van der Waals surface area (Å²) in [7, 11) is 1.68. The Bertz CT molecular complexity index is 440. The topological polar surface area (TPSA) is 61.1 Å². The van der Waals surface area contributed by atoms with Crippen LogP contribution in [0.4, 0.5) is 0 Å². The lowest BCUT2D eigenvalue weighted by atomic mass is 10.2. The van der Waals surface area contributed by atoms with Crippen molar-refractivity contribution in [1.82, 2.24) is 10.3 Å². The van der Waals surface area contributed by atoms with Crippen molar-refractivity contribution in [2.45, 2.75) is 12.7 Å². The SMILES string of the molecule is C/N=C(\NC#N)SCCSCc1ncccc1C. The number of thioether (sulfide) groups is 2. The van der Waals surface area contributed by atoms with E-state index in [9.17, 15) is 0 Å². The minimum atomic E-state index is 0.673. The molecule has 18 heavy (non-hydrogen) atoms. The van der Waals surface area contributed by atoms with Gasteiger partial charge < -0.3 is 0 Å². The average molecular weight is 280 g/mol. The monoisotopic (exact) mass is 280 g/mol. The van der Waals surface area contributed by atoms with Gasteiger partial charge in [0.2, 0.25) is 0 Å². The zero-order valence-electron chi connectivity index (χ0n) is 10.5. The summed E-state index contributed by atoms with van der Waals surface area (Å²) in [6.45, 7) is 2.08. The lowest BCUT2D eigenvalue weighted by Crippen LogP contribution is -2.14. The number of nitrogens with zero attached hydrogens (tertiary/aromatic N) is 3. The van der Waals surface area contributed by atoms with Gasteiger partial charge in [-0.25, -0.2) is 0 Å². The van der Waals surface area contributed by atoms with Gasteiger partial charge in [0.05, 0.1) is 5.69 Å². The number of aliphatic imine (C=N–C) groups is 1. The van der Waals surface area contributed by atoms with Crippen LogP contribution in [0.25, 0.3) is 0 Å². The number of hydrogen-bond donors (Lipinski definition) is 1. The first-order chi connectivity index (χ1) is 8.77. The molecular weight excluding hydrogens is 264 g/mol. The summed E-state index contributed by atoms with van der Waals surface area (Å²) >= 11 is 3.40. The molecule has 1 N–H and O–H groups in total. The van der Waals surface area contributed by atoms with Gasteiger partial charge in [-0.05, 0) is 18.6 Å². The third kappa shape index (κ3) is 5.43. The van der Waals surface area contributed by atoms with E-state index in [4.69, 9.17) is 5.26 Å². The van der Waals surface area contributed by atoms with E-state index in [0.29, 0.717) is 5.17 Å². The molecule has 0 bridgehead atoms. The zero-order chi connectivity index (χ0) is 13.2. The molecule has 4 nitrogen and oxygen atoms in total. The van der Waals surface area contributed by atoms with Gasteiger partial charge in [-0.3, -0.25) is 15.3 Å². The van der Waals surface area contributed by atoms with Crippen molar-refractivity contribution in [3.63, 3.8) is 0 Å². The van der Waals surface area contributed by atoms with E-state index in [1.807, 2.05) is 30.2 Å². The first kappa shape index (κ1) is 14.9. The van der Waals surface area contributed by atoms with E-state index in [1.165, 1.54) is 5.56 Å². The molecule has 6 heteroatoms. The number of hydrogen-bond acceptors (Lipinski definition) is 5. The smallest absolute Gasteiger partial charge is 0.183 e. The van der Waals surface area contributed by atoms with Crippen LogP contribution in [-0.4, -0.2) is 28.7 Å². The molecule has 0 saturated carbocycles. The van der Waals surface area contributed by atoms with Crippen LogP contribution in [0.1, 0.15) is 11.3 Å². The second-order valence-corrected chi connectivity index (χ2v) is 5.62. The van der Waals surface area contributed by atoms with E-state index in [1.54, 1.807) is 18.8 Å². The summed E-state index contributed by atoms with van der Waals surface area (Å²) in [5, 5.41) is 11.7. The Morgan fingerprint density at radius 2 is 2.39 bits per heavy atom. The van der Waals surface area contributed by atoms with Crippen LogP contribution in [0.2, 0.25) is 0 Å². The predicted octanol–water partition coefficient (Wildman–Crippen LogP) is 2.41. The highest BCUT2D eigenvalue weighted by atomic mass is 32.2. The summed E-state index contributed by atoms with van der Waals surface area (Å²) in [4.78, 5) is 8.32. The summed E-state index contributed by atoms with van der Waals surface area (Å²) in [5.74, 6) is 2.86. The van der Waals surface area contributed by atoms with Gasteiger partial charge >= 0.3 is 0 Å². The summed E-state index contributed by atoms with van der Waals surface area (Å²) in [5.41, 5.74) is 2.38. The molecule has 0 atom stereocenters. The predicted molar refractivity (Wildman–Crippen MR) is 79.7 cm³/mol. The van der Waals surface area contributed by atoms with Crippen molar-refractivity contribution >= 4 is 28.7 Å². The van der Waals surface area contributed by atoms with Crippen LogP contribution < -0.4 is 5.32 Å². The first-order valence-corrected chi connectivity index (χ1v) is 7.65. The van der Waals surface area contributed by atoms with E-state index in [2.05, 4.69) is 28.3 Å². The van der Waals surface area contributed by atoms with Crippen molar-refractivity contribution < 1.29 is 0 Å². The van der Waals surface area contributed by atoms with Crippen molar-refractivity contribution in [1.29, 1.82) is 5.26 Å². The first-order valence-electron chi connectivity index (χ1n) is 5.51. The Morgan fingerprint density at radius 1 is 1.56 bits per heavy atom. The third-order valence-electron chi connectivity index (χ3n) is 2.19. The fourth-order valence-electron chi connectivity index (χ4n) is 1.24. The van der Waals surface area contributed by atoms with E-state index >= 15 is 0 Å². The molecular formula is C12H16N4S2. The normalized spacial score (nSPS) is 11.1. The fourth-order valence-corrected chi connectivity index (χ4v) is 3.12. The highest BCUT2D eigenvalue weighted by molar-refractivity contribution is 8.14. The van der Waals surface area contributed by atoms with Gasteiger partial charge in [0.25, 0.3) is 0 Å². The Balaban J connectivity index is 2.20. The fraction of sp³-hybridized carbons (Fsp3) is 0.417. The number of rotatable bonds is 5. The van der Waals surface area contributed by atoms with Gasteiger partial charge in [-0.2, -0.15) is 17.0 Å². The van der Waals surface area contributed by atoms with Crippen LogP contribution in [0.15, 0.2) is 23.3 Å². The van der Waals surface area contributed by atoms with Gasteiger partial charge in [0.15, 0.2) is 11.4 Å². The lowest BCUT2D eigenvalue weighted by Gasteiger charge is -2.04. The number of aromatic nitrogens is 1. The van der Waals surface area contributed by atoms with Crippen molar-refractivity contribution in [2.24, 2.45) is 4.99 Å². The second-order valence-electron chi connectivity index (χ2n) is 3.43. The van der Waals surface area contributed by atoms with Gasteiger partial charge in [0, 0.05) is 30.5 Å². The molecule has 96 valence electrons. The van der Waals surface area contributed by atoms with Crippen molar-refractivity contribution in [3.05, 3.63) is 29.6 Å². The Morgan fingerprint density at radius 3 is 3.06 bits per heavy atom. The molecule has 1 rings (SSSR count). The molecule has 0 unspecified atom stereocenters. The number of amidine groups is 1. The number of aryl methyl sites for hydroxylation is 1. The Labute approximate surface area is 116 Å². The second kappa shape index (κ2) is 8.84. The van der Waals surface area contributed by atoms with Crippen LogP contribution in [0.3, 0.4) is 0 Å². The van der Waals surface area contributed by atoms with Crippen molar-refractivity contribution in [3.8, 4) is 6.19 Å². The maximum absolute atomic E-state index is 8.48. The zero-order valence-corrected chi connectivity index (χ0v) is 12.1. The molecule has 0 aromatic carbocycles. The maximum atomic E-state index is 8.48. The van der Waals surface area contributed by atoms with E-state index < -0.39 is 0 Å². The van der Waals surface area contributed by atoms with Crippen molar-refractivity contribution in [2.75, 3.05) is 18.6 Å². The standard InChI is InChI=1S/C12H16N4S2/c1-10-4-3-5-15-11(10)8-17-6-7-18-12(14-2)16-9-13/h3-5H,6-8H2,1-2H3,(H,14,16). The molecule has 0 saturated heterocycles.